The van der Waals surface area contributed by atoms with Crippen LogP contribution >= 0.6 is 0 Å². The highest BCUT2D eigenvalue weighted by molar-refractivity contribution is 7.89. The maximum Gasteiger partial charge on any atom is 0.238 e. The van der Waals surface area contributed by atoms with E-state index in [4.69, 9.17) is 4.74 Å². The zero-order valence-electron chi connectivity index (χ0n) is 13.2. The molecule has 122 valence electrons. The van der Waals surface area contributed by atoms with Crippen molar-refractivity contribution in [3.63, 3.8) is 0 Å². The number of carbonyl (C=O) groups excluding carboxylic acids is 1. The summed E-state index contributed by atoms with van der Waals surface area (Å²) in [5.41, 5.74) is 0. The van der Waals surface area contributed by atoms with Gasteiger partial charge in [0.25, 0.3) is 0 Å². The first-order valence-corrected chi connectivity index (χ1v) is 8.61. The first kappa shape index (κ1) is 19.3. The van der Waals surface area contributed by atoms with Gasteiger partial charge >= 0.3 is 0 Å². The average Bonchev–Trinajstić information content (AvgIpc) is 2.35. The van der Waals surface area contributed by atoms with Gasteiger partial charge in [0.05, 0.1) is 12.4 Å². The molecule has 0 aliphatic heterocycles. The highest BCUT2D eigenvalue weighted by Gasteiger charge is 2.24. The fraction of sp³-hybridized carbons (Fsp3) is 0.923. The maximum absolute atomic E-state index is 11.9. The third kappa shape index (κ3) is 7.81. The van der Waals surface area contributed by atoms with E-state index in [2.05, 4.69) is 5.32 Å². The van der Waals surface area contributed by atoms with Crippen LogP contribution in [0.4, 0.5) is 0 Å². The molecule has 0 atom stereocenters. The molecule has 0 unspecified atom stereocenters. The summed E-state index contributed by atoms with van der Waals surface area (Å²) in [6.07, 6.45) is 0.389. The van der Waals surface area contributed by atoms with Crippen LogP contribution in [-0.4, -0.2) is 57.2 Å². The Bertz CT molecular complexity index is 386. The fourth-order valence-electron chi connectivity index (χ4n) is 1.50. The van der Waals surface area contributed by atoms with E-state index in [0.29, 0.717) is 25.7 Å². The van der Waals surface area contributed by atoms with Crippen molar-refractivity contribution in [2.75, 3.05) is 32.6 Å². The maximum atomic E-state index is 11.9. The van der Waals surface area contributed by atoms with Crippen LogP contribution in [0, 0.1) is 5.92 Å². The van der Waals surface area contributed by atoms with E-state index in [1.807, 2.05) is 13.8 Å². The molecule has 20 heavy (non-hydrogen) atoms. The first-order valence-electron chi connectivity index (χ1n) is 7.00. The van der Waals surface area contributed by atoms with Crippen LogP contribution in [0.2, 0.25) is 0 Å². The summed E-state index contributed by atoms with van der Waals surface area (Å²) >= 11 is 0. The number of ether oxygens (including phenoxy) is 1. The predicted octanol–water partition coefficient (Wildman–Crippen LogP) is 1.08. The van der Waals surface area contributed by atoms with Crippen LogP contribution in [0.25, 0.3) is 0 Å². The Kier molecular flexibility index (Phi) is 9.00. The minimum absolute atomic E-state index is 0. The van der Waals surface area contributed by atoms with E-state index in [-0.39, 0.29) is 19.0 Å². The van der Waals surface area contributed by atoms with Crippen molar-refractivity contribution in [1.82, 2.24) is 9.62 Å². The third-order valence-corrected chi connectivity index (χ3v) is 4.53. The third-order valence-electron chi connectivity index (χ3n) is 2.71. The van der Waals surface area contributed by atoms with E-state index < -0.39 is 10.0 Å². The first-order chi connectivity index (χ1) is 9.18. The molecule has 7 heteroatoms. The Morgan fingerprint density at radius 3 is 2.35 bits per heavy atom. The van der Waals surface area contributed by atoms with Crippen molar-refractivity contribution < 1.29 is 19.4 Å². The summed E-state index contributed by atoms with van der Waals surface area (Å²) in [4.78, 5) is 11.6. The SMILES string of the molecule is CC(C)NCCOCCCS(=O)(=O)N(C)C(=O)C(C)C.[HH]. The van der Waals surface area contributed by atoms with Gasteiger partial charge in [0.2, 0.25) is 15.9 Å². The summed E-state index contributed by atoms with van der Waals surface area (Å²) in [5, 5.41) is 3.20. The molecule has 1 amide bonds. The molecule has 0 rings (SSSR count). The van der Waals surface area contributed by atoms with Gasteiger partial charge in [-0.15, -0.1) is 0 Å². The zero-order valence-corrected chi connectivity index (χ0v) is 14.0. The Hall–Kier alpha value is -0.660. The predicted molar refractivity (Wildman–Crippen MR) is 82.1 cm³/mol. The molecule has 0 bridgehead atoms. The summed E-state index contributed by atoms with van der Waals surface area (Å²) in [7, 11) is -2.21. The van der Waals surface area contributed by atoms with E-state index in [9.17, 15) is 13.2 Å². The second-order valence-electron chi connectivity index (χ2n) is 5.35. The minimum Gasteiger partial charge on any atom is -0.380 e. The lowest BCUT2D eigenvalue weighted by atomic mass is 10.2. The normalized spacial score (nSPS) is 12.2. The summed E-state index contributed by atoms with van der Waals surface area (Å²) in [6.45, 7) is 9.14. The lowest BCUT2D eigenvalue weighted by Crippen LogP contribution is -2.37. The second-order valence-corrected chi connectivity index (χ2v) is 7.47. The number of carbonyl (C=O) groups is 1. The van der Waals surface area contributed by atoms with E-state index >= 15 is 0 Å². The molecule has 1 N–H and O–H groups in total. The number of nitrogens with zero attached hydrogens (tertiary/aromatic N) is 1. The monoisotopic (exact) mass is 310 g/mol. The molecular formula is C13H30N2O4S. The molecule has 0 radical (unpaired) electrons. The molecule has 0 aromatic rings. The minimum atomic E-state index is -3.52. The average molecular weight is 310 g/mol. The van der Waals surface area contributed by atoms with Crippen molar-refractivity contribution in [3.8, 4) is 0 Å². The molecule has 0 saturated carbocycles. The van der Waals surface area contributed by atoms with Crippen molar-refractivity contribution in [1.29, 1.82) is 0 Å². The summed E-state index contributed by atoms with van der Waals surface area (Å²) in [6, 6.07) is 0.412. The number of hydrogen-bond donors (Lipinski definition) is 1. The van der Waals surface area contributed by atoms with Gasteiger partial charge in [-0.3, -0.25) is 4.79 Å². The van der Waals surface area contributed by atoms with Crippen LogP contribution in [-0.2, 0) is 19.6 Å². The number of hydrogen-bond acceptors (Lipinski definition) is 5. The molecule has 0 saturated heterocycles. The van der Waals surface area contributed by atoms with E-state index in [1.54, 1.807) is 13.8 Å². The molecule has 0 heterocycles. The van der Waals surface area contributed by atoms with Gasteiger partial charge in [0.1, 0.15) is 0 Å². The number of nitrogens with one attached hydrogen (secondary N) is 1. The molecular weight excluding hydrogens is 280 g/mol. The van der Waals surface area contributed by atoms with Crippen molar-refractivity contribution >= 4 is 15.9 Å². The van der Waals surface area contributed by atoms with Gasteiger partial charge in [-0.2, -0.15) is 0 Å². The highest BCUT2D eigenvalue weighted by Crippen LogP contribution is 2.06. The lowest BCUT2D eigenvalue weighted by molar-refractivity contribution is -0.128. The molecule has 0 fully saturated rings. The molecule has 0 aliphatic rings. The van der Waals surface area contributed by atoms with Crippen LogP contribution in [0.1, 0.15) is 35.5 Å². The highest BCUT2D eigenvalue weighted by atomic mass is 32.2. The molecule has 0 aromatic heterocycles. The topological polar surface area (TPSA) is 75.7 Å². The van der Waals surface area contributed by atoms with Crippen LogP contribution in [0.15, 0.2) is 0 Å². The van der Waals surface area contributed by atoms with Gasteiger partial charge in [-0.1, -0.05) is 27.7 Å². The molecule has 0 aromatic carbocycles. The van der Waals surface area contributed by atoms with E-state index in [1.165, 1.54) is 7.05 Å². The van der Waals surface area contributed by atoms with Crippen LogP contribution in [0.5, 0.6) is 0 Å². The Labute approximate surface area is 124 Å². The summed E-state index contributed by atoms with van der Waals surface area (Å²) < 4.78 is 30.0. The van der Waals surface area contributed by atoms with Gasteiger partial charge in [-0.05, 0) is 6.42 Å². The Morgan fingerprint density at radius 1 is 1.25 bits per heavy atom. The van der Waals surface area contributed by atoms with Crippen molar-refractivity contribution in [2.24, 2.45) is 5.92 Å². The van der Waals surface area contributed by atoms with Crippen molar-refractivity contribution in [2.45, 2.75) is 40.2 Å². The van der Waals surface area contributed by atoms with Gasteiger partial charge in [0.15, 0.2) is 0 Å². The lowest BCUT2D eigenvalue weighted by Gasteiger charge is -2.19. The van der Waals surface area contributed by atoms with Gasteiger partial charge in [0, 0.05) is 33.6 Å². The molecule has 0 aliphatic carbocycles. The quantitative estimate of drug-likeness (QED) is 0.611. The van der Waals surface area contributed by atoms with Crippen LogP contribution in [0.3, 0.4) is 0 Å². The number of sulfonamides is 1. The zero-order chi connectivity index (χ0) is 15.8. The Balaban J connectivity index is 0. The van der Waals surface area contributed by atoms with Crippen LogP contribution < -0.4 is 5.32 Å². The fourth-order valence-corrected chi connectivity index (χ4v) is 2.74. The standard InChI is InChI=1S/C13H28N2O4S.H2/c1-11(2)13(16)15(5)20(17,18)10-6-8-19-9-7-14-12(3)4;/h11-12,14H,6-10H2,1-5H3;1H. The molecule has 6 nitrogen and oxygen atoms in total. The van der Waals surface area contributed by atoms with Gasteiger partial charge < -0.3 is 10.1 Å². The number of rotatable bonds is 10. The number of amides is 1. The largest absolute Gasteiger partial charge is 0.380 e. The Morgan fingerprint density at radius 2 is 1.85 bits per heavy atom. The summed E-state index contributed by atoms with van der Waals surface area (Å²) in [5.74, 6) is -0.778. The molecule has 0 spiro atoms. The second kappa shape index (κ2) is 9.31. The van der Waals surface area contributed by atoms with E-state index in [0.717, 1.165) is 10.8 Å². The van der Waals surface area contributed by atoms with Crippen molar-refractivity contribution in [3.05, 3.63) is 0 Å². The van der Waals surface area contributed by atoms with Gasteiger partial charge in [-0.25, -0.2) is 12.7 Å². The smallest absolute Gasteiger partial charge is 0.238 e.